The van der Waals surface area contributed by atoms with Crippen LogP contribution in [0.4, 0.5) is 10.5 Å². The third-order valence-corrected chi connectivity index (χ3v) is 8.44. The summed E-state index contributed by atoms with van der Waals surface area (Å²) < 4.78 is 46.9. The number of anilines is 1. The van der Waals surface area contributed by atoms with Crippen LogP contribution in [-0.4, -0.2) is 53.8 Å². The van der Waals surface area contributed by atoms with Gasteiger partial charge in [0.15, 0.2) is 0 Å². The number of carboxylic acid groups (broad SMARTS) is 1. The number of rotatable bonds is 8. The Morgan fingerprint density at radius 3 is 2.38 bits per heavy atom. The zero-order chi connectivity index (χ0) is 23.5. The van der Waals surface area contributed by atoms with E-state index in [0.29, 0.717) is 5.69 Å². The highest BCUT2D eigenvalue weighted by Gasteiger charge is 2.45. The first kappa shape index (κ1) is 24.3. The van der Waals surface area contributed by atoms with Gasteiger partial charge >= 0.3 is 6.09 Å². The van der Waals surface area contributed by atoms with E-state index in [1.807, 2.05) is 44.2 Å². The highest BCUT2D eigenvalue weighted by molar-refractivity contribution is 7.89. The van der Waals surface area contributed by atoms with Crippen LogP contribution in [-0.2, 0) is 25.5 Å². The summed E-state index contributed by atoms with van der Waals surface area (Å²) in [6, 6.07) is 14.3. The van der Waals surface area contributed by atoms with Gasteiger partial charge < -0.3 is 15.4 Å². The normalized spacial score (nSPS) is 21.4. The lowest BCUT2D eigenvalue weighted by molar-refractivity contribution is 0.138. The average Bonchev–Trinajstić information content (AvgIpc) is 3.03. The van der Waals surface area contributed by atoms with Crippen molar-refractivity contribution in [3.05, 3.63) is 60.2 Å². The quantitative estimate of drug-likeness (QED) is 0.437. The van der Waals surface area contributed by atoms with E-state index in [1.54, 1.807) is 0 Å². The van der Waals surface area contributed by atoms with E-state index in [1.165, 1.54) is 28.6 Å². The molecule has 1 unspecified atom stereocenters. The van der Waals surface area contributed by atoms with Gasteiger partial charge in [-0.15, -0.1) is 0 Å². The molecule has 1 fully saturated rings. The van der Waals surface area contributed by atoms with Crippen LogP contribution in [0.2, 0.25) is 0 Å². The molecular weight excluding hydrogens is 453 g/mol. The Balaban J connectivity index is 1.93. The summed E-state index contributed by atoms with van der Waals surface area (Å²) in [6.07, 6.45) is -1.97. The molecule has 1 saturated heterocycles. The van der Waals surface area contributed by atoms with E-state index >= 15 is 0 Å². The zero-order valence-corrected chi connectivity index (χ0v) is 19.7. The molecular formula is C21H28N3O6PS. The summed E-state index contributed by atoms with van der Waals surface area (Å²) in [6.45, 7) is 3.84. The summed E-state index contributed by atoms with van der Waals surface area (Å²) in [7, 11) is -6.96. The van der Waals surface area contributed by atoms with Crippen molar-refractivity contribution in [3.63, 3.8) is 0 Å². The molecule has 3 rings (SSSR count). The highest BCUT2D eigenvalue weighted by Crippen LogP contribution is 2.43. The highest BCUT2D eigenvalue weighted by atomic mass is 32.2. The fourth-order valence-corrected chi connectivity index (χ4v) is 6.60. The van der Waals surface area contributed by atoms with Crippen LogP contribution < -0.4 is 5.73 Å². The van der Waals surface area contributed by atoms with Crippen LogP contribution in [0.15, 0.2) is 59.5 Å². The maximum Gasteiger partial charge on any atom is 0.414 e. The van der Waals surface area contributed by atoms with Crippen molar-refractivity contribution in [2.75, 3.05) is 18.8 Å². The summed E-state index contributed by atoms with van der Waals surface area (Å²) in [5.41, 5.74) is 6.97. The molecule has 0 aliphatic carbocycles. The predicted octanol–water partition coefficient (Wildman–Crippen LogP) is 3.30. The first-order chi connectivity index (χ1) is 15.1. The van der Waals surface area contributed by atoms with Gasteiger partial charge in [-0.05, 0) is 42.2 Å². The lowest BCUT2D eigenvalue weighted by Gasteiger charge is -2.29. The van der Waals surface area contributed by atoms with Crippen molar-refractivity contribution in [3.8, 4) is 0 Å². The second kappa shape index (κ2) is 10.0. The number of benzene rings is 2. The molecule has 0 bridgehead atoms. The fourth-order valence-electron chi connectivity index (χ4n) is 3.69. The minimum atomic E-state index is -3.91. The van der Waals surface area contributed by atoms with Crippen LogP contribution in [0, 0.1) is 5.92 Å². The molecule has 9 nitrogen and oxygen atoms in total. The first-order valence-corrected chi connectivity index (χ1v) is 12.9. The first-order valence-electron chi connectivity index (χ1n) is 10.2. The molecule has 174 valence electrons. The molecule has 2 aromatic rings. The van der Waals surface area contributed by atoms with Crippen molar-refractivity contribution < 1.29 is 27.4 Å². The summed E-state index contributed by atoms with van der Waals surface area (Å²) in [5.74, 6) is 0.000128. The number of carbonyl (C=O) groups is 1. The van der Waals surface area contributed by atoms with Crippen LogP contribution >= 0.6 is 8.18 Å². The fraction of sp³-hybridized carbons (Fsp3) is 0.381. The summed E-state index contributed by atoms with van der Waals surface area (Å²) >= 11 is 0. The van der Waals surface area contributed by atoms with Gasteiger partial charge in [-0.25, -0.2) is 17.9 Å². The number of hydrogen-bond donors (Lipinski definition) is 2. The average molecular weight is 482 g/mol. The SMILES string of the molecule is CC(C)CN(C[C@H]1O[PH](=O)N(C(=O)O)[C@H]1Cc1ccccc1)S(=O)(=O)c1ccc(N)cc1. The van der Waals surface area contributed by atoms with Crippen LogP contribution in [0.1, 0.15) is 19.4 Å². The van der Waals surface area contributed by atoms with Gasteiger partial charge in [0.1, 0.15) is 6.10 Å². The molecule has 2 aromatic carbocycles. The largest absolute Gasteiger partial charge is 0.465 e. The molecule has 1 aliphatic heterocycles. The molecule has 0 saturated carbocycles. The van der Waals surface area contributed by atoms with Gasteiger partial charge in [-0.3, -0.25) is 4.57 Å². The Hall–Kier alpha value is -2.39. The predicted molar refractivity (Wildman–Crippen MR) is 122 cm³/mol. The number of nitrogen functional groups attached to an aromatic ring is 1. The van der Waals surface area contributed by atoms with E-state index in [-0.39, 0.29) is 30.3 Å². The number of sulfonamides is 1. The second-order valence-corrected chi connectivity index (χ2v) is 11.3. The van der Waals surface area contributed by atoms with Crippen molar-refractivity contribution >= 4 is 30.0 Å². The summed E-state index contributed by atoms with van der Waals surface area (Å²) in [5, 5.41) is 9.62. The minimum Gasteiger partial charge on any atom is -0.465 e. The second-order valence-electron chi connectivity index (χ2n) is 8.12. The van der Waals surface area contributed by atoms with E-state index in [2.05, 4.69) is 0 Å². The van der Waals surface area contributed by atoms with Crippen molar-refractivity contribution in [1.82, 2.24) is 8.98 Å². The van der Waals surface area contributed by atoms with E-state index in [9.17, 15) is 22.9 Å². The lowest BCUT2D eigenvalue weighted by atomic mass is 10.0. The Morgan fingerprint density at radius 1 is 1.19 bits per heavy atom. The molecule has 1 heterocycles. The number of nitrogens with zero attached hydrogens (tertiary/aromatic N) is 2. The molecule has 11 heteroatoms. The van der Waals surface area contributed by atoms with Gasteiger partial charge in [0.05, 0.1) is 10.9 Å². The number of hydrogen-bond acceptors (Lipinski definition) is 6. The lowest BCUT2D eigenvalue weighted by Crippen LogP contribution is -2.46. The minimum absolute atomic E-state index is 0.000128. The molecule has 0 aromatic heterocycles. The Morgan fingerprint density at radius 2 is 1.81 bits per heavy atom. The standard InChI is InChI=1S/C21H28N3O6PS/c1-15(2)13-23(32(28,29)18-10-8-17(22)9-11-18)14-20-19(12-16-6-4-3-5-7-16)24(21(25)26)31(27)30-20/h3-11,15,19-20,31H,12-14,22H2,1-2H3,(H,25,26)/t19-,20+/m0/s1. The number of nitrogens with two attached hydrogens (primary N) is 1. The van der Waals surface area contributed by atoms with Gasteiger partial charge in [0.2, 0.25) is 10.0 Å². The van der Waals surface area contributed by atoms with Gasteiger partial charge in [-0.2, -0.15) is 4.31 Å². The van der Waals surface area contributed by atoms with Gasteiger partial charge in [0, 0.05) is 18.8 Å². The zero-order valence-electron chi connectivity index (χ0n) is 17.9. The molecule has 0 spiro atoms. The number of amides is 1. The van der Waals surface area contributed by atoms with E-state index in [0.717, 1.165) is 10.2 Å². The van der Waals surface area contributed by atoms with Gasteiger partial charge in [-0.1, -0.05) is 44.2 Å². The molecule has 3 atom stereocenters. The Bertz CT molecular complexity index is 1060. The maximum atomic E-state index is 13.4. The van der Waals surface area contributed by atoms with Crippen molar-refractivity contribution in [1.29, 1.82) is 0 Å². The van der Waals surface area contributed by atoms with Gasteiger partial charge in [0.25, 0.3) is 8.18 Å². The third kappa shape index (κ3) is 5.50. The molecule has 1 aliphatic rings. The van der Waals surface area contributed by atoms with Crippen LogP contribution in [0.5, 0.6) is 0 Å². The topological polar surface area (TPSA) is 130 Å². The maximum absolute atomic E-state index is 13.4. The third-order valence-electron chi connectivity index (χ3n) is 5.17. The Labute approximate surface area is 188 Å². The van der Waals surface area contributed by atoms with Crippen molar-refractivity contribution in [2.24, 2.45) is 5.92 Å². The van der Waals surface area contributed by atoms with E-state index < -0.39 is 36.4 Å². The van der Waals surface area contributed by atoms with Crippen molar-refractivity contribution in [2.45, 2.75) is 37.3 Å². The summed E-state index contributed by atoms with van der Waals surface area (Å²) in [4.78, 5) is 11.9. The molecule has 0 radical (unpaired) electrons. The monoisotopic (exact) mass is 481 g/mol. The smallest absolute Gasteiger partial charge is 0.414 e. The molecule has 1 amide bonds. The molecule has 32 heavy (non-hydrogen) atoms. The molecule has 3 N–H and O–H groups in total. The van der Waals surface area contributed by atoms with Crippen LogP contribution in [0.3, 0.4) is 0 Å². The Kier molecular flexibility index (Phi) is 7.61. The van der Waals surface area contributed by atoms with Crippen LogP contribution in [0.25, 0.3) is 0 Å². The van der Waals surface area contributed by atoms with E-state index in [4.69, 9.17) is 10.3 Å².